The quantitative estimate of drug-likeness (QED) is 0.168. The average molecular weight is 798 g/mol. The Morgan fingerprint density at radius 2 is 0.984 bits per heavy atom. The molecule has 8 aromatic carbocycles. The molecule has 0 fully saturated rings. The first kappa shape index (κ1) is 36.3. The topological polar surface area (TPSA) is 48.5 Å². The third-order valence-electron chi connectivity index (χ3n) is 11.4. The van der Waals surface area contributed by atoms with Crippen molar-refractivity contribution in [1.29, 1.82) is 0 Å². The summed E-state index contributed by atoms with van der Waals surface area (Å²) < 4.78 is 47.1. The molecule has 5 nitrogen and oxygen atoms in total. The minimum atomic E-state index is -4.50. The summed E-state index contributed by atoms with van der Waals surface area (Å²) in [4.78, 5) is 15.4. The van der Waals surface area contributed by atoms with Crippen molar-refractivity contribution in [2.45, 2.75) is 13.1 Å². The number of hydrogen-bond acceptors (Lipinski definition) is 3. The molecule has 0 amide bonds. The summed E-state index contributed by atoms with van der Waals surface area (Å²) in [7, 11) is 0. The van der Waals surface area contributed by atoms with E-state index in [-0.39, 0.29) is 0 Å². The van der Waals surface area contributed by atoms with E-state index in [1.165, 1.54) is 6.07 Å². The molecular formula is C53H34F3N5. The second-order valence-corrected chi connectivity index (χ2v) is 15.2. The lowest BCUT2D eigenvalue weighted by Gasteiger charge is -2.17. The molecule has 0 N–H and O–H groups in total. The Bertz CT molecular complexity index is 3400. The summed E-state index contributed by atoms with van der Waals surface area (Å²) >= 11 is 0. The van der Waals surface area contributed by atoms with Crippen LogP contribution in [0, 0.1) is 6.92 Å². The summed E-state index contributed by atoms with van der Waals surface area (Å²) in [5, 5.41) is 3.47. The highest BCUT2D eigenvalue weighted by Gasteiger charge is 2.31. The van der Waals surface area contributed by atoms with E-state index in [2.05, 4.69) is 71.3 Å². The van der Waals surface area contributed by atoms with Crippen LogP contribution in [0.1, 0.15) is 11.1 Å². The number of nitrogens with zero attached hydrogens (tertiary/aromatic N) is 5. The van der Waals surface area contributed by atoms with E-state index in [9.17, 15) is 13.2 Å². The molecule has 0 atom stereocenters. The lowest BCUT2D eigenvalue weighted by molar-refractivity contribution is -0.137. The Labute approximate surface area is 348 Å². The van der Waals surface area contributed by atoms with Crippen molar-refractivity contribution in [1.82, 2.24) is 24.1 Å². The molecule has 0 saturated carbocycles. The molecule has 0 radical (unpaired) electrons. The number of para-hydroxylation sites is 3. The summed E-state index contributed by atoms with van der Waals surface area (Å²) in [5.41, 5.74) is 9.78. The lowest BCUT2D eigenvalue weighted by atomic mass is 9.98. The molecule has 0 spiro atoms. The number of aromatic nitrogens is 5. The van der Waals surface area contributed by atoms with Crippen LogP contribution in [0.15, 0.2) is 188 Å². The van der Waals surface area contributed by atoms with Gasteiger partial charge >= 0.3 is 6.18 Å². The molecular weight excluding hydrogens is 764 g/mol. The van der Waals surface area contributed by atoms with Gasteiger partial charge in [0, 0.05) is 49.5 Å². The fourth-order valence-electron chi connectivity index (χ4n) is 8.68. The molecule has 8 heteroatoms. The van der Waals surface area contributed by atoms with Crippen LogP contribution in [0.2, 0.25) is 0 Å². The van der Waals surface area contributed by atoms with Crippen molar-refractivity contribution in [3.05, 3.63) is 199 Å². The normalized spacial score (nSPS) is 11.9. The fourth-order valence-corrected chi connectivity index (χ4v) is 8.68. The Balaban J connectivity index is 1.25. The molecule has 0 aliphatic carbocycles. The van der Waals surface area contributed by atoms with Crippen molar-refractivity contribution in [3.8, 4) is 56.7 Å². The summed E-state index contributed by atoms with van der Waals surface area (Å²) in [6, 6.07) is 61.0. The van der Waals surface area contributed by atoms with Gasteiger partial charge < -0.3 is 9.13 Å². The first-order valence-corrected chi connectivity index (χ1v) is 20.0. The Morgan fingerprint density at radius 3 is 1.67 bits per heavy atom. The number of rotatable bonds is 6. The maximum atomic E-state index is 14.3. The van der Waals surface area contributed by atoms with Crippen LogP contribution in [-0.2, 0) is 6.18 Å². The first-order valence-electron chi connectivity index (χ1n) is 20.0. The zero-order valence-electron chi connectivity index (χ0n) is 32.8. The predicted molar refractivity (Wildman–Crippen MR) is 240 cm³/mol. The van der Waals surface area contributed by atoms with Crippen LogP contribution in [0.25, 0.3) is 100 Å². The van der Waals surface area contributed by atoms with Gasteiger partial charge in [0.2, 0.25) is 0 Å². The van der Waals surface area contributed by atoms with Crippen molar-refractivity contribution in [3.63, 3.8) is 0 Å². The largest absolute Gasteiger partial charge is 0.416 e. The average Bonchev–Trinajstić information content (AvgIpc) is 3.81. The second-order valence-electron chi connectivity index (χ2n) is 15.2. The molecule has 0 bridgehead atoms. The molecule has 11 rings (SSSR count). The van der Waals surface area contributed by atoms with E-state index in [0.29, 0.717) is 39.6 Å². The van der Waals surface area contributed by atoms with Gasteiger partial charge in [0.05, 0.1) is 33.3 Å². The highest BCUT2D eigenvalue weighted by Crippen LogP contribution is 2.43. The van der Waals surface area contributed by atoms with Gasteiger partial charge in [-0.15, -0.1) is 0 Å². The minimum Gasteiger partial charge on any atom is -0.309 e. The van der Waals surface area contributed by atoms with E-state index in [1.807, 2.05) is 115 Å². The van der Waals surface area contributed by atoms with Gasteiger partial charge in [0.1, 0.15) is 0 Å². The third kappa shape index (κ3) is 6.14. The number of alkyl halides is 3. The van der Waals surface area contributed by atoms with E-state index in [0.717, 1.165) is 72.3 Å². The third-order valence-corrected chi connectivity index (χ3v) is 11.4. The van der Waals surface area contributed by atoms with Crippen LogP contribution >= 0.6 is 0 Å². The van der Waals surface area contributed by atoms with E-state index < -0.39 is 11.7 Å². The number of hydrogen-bond donors (Lipinski definition) is 0. The van der Waals surface area contributed by atoms with E-state index >= 15 is 0 Å². The summed E-state index contributed by atoms with van der Waals surface area (Å²) in [6.45, 7) is 1.95. The number of fused-ring (bicyclic) bond motifs is 6. The van der Waals surface area contributed by atoms with E-state index in [1.54, 1.807) is 6.07 Å². The van der Waals surface area contributed by atoms with Crippen molar-refractivity contribution < 1.29 is 13.2 Å². The van der Waals surface area contributed by atoms with Crippen LogP contribution in [-0.4, -0.2) is 24.1 Å². The minimum absolute atomic E-state index is 0.425. The molecule has 0 aliphatic rings. The molecule has 0 unspecified atom stereocenters. The molecule has 3 heterocycles. The molecule has 11 aromatic rings. The Morgan fingerprint density at radius 1 is 0.410 bits per heavy atom. The van der Waals surface area contributed by atoms with Crippen LogP contribution in [0.5, 0.6) is 0 Å². The van der Waals surface area contributed by atoms with Gasteiger partial charge in [0.25, 0.3) is 0 Å². The standard InChI is InChI=1S/C53H34F3N5/c1-33-24-27-46-42(30-33)43-32-37(53(54,55)56)26-29-47(43)61(46)48-28-25-36(39-21-13-22-41-40-20-11-12-23-45(40)60(49(39)41)38-18-9-4-10-19-38)31-44(48)52-58-50(34-14-5-2-6-15-34)57-51(59-52)35-16-7-3-8-17-35/h2-32H,1H3. The lowest BCUT2D eigenvalue weighted by Crippen LogP contribution is -2.05. The van der Waals surface area contributed by atoms with Gasteiger partial charge in [-0.05, 0) is 73.2 Å². The molecule has 0 saturated heterocycles. The zero-order valence-corrected chi connectivity index (χ0v) is 32.8. The van der Waals surface area contributed by atoms with Crippen LogP contribution < -0.4 is 0 Å². The molecule has 3 aromatic heterocycles. The van der Waals surface area contributed by atoms with Gasteiger partial charge in [-0.1, -0.05) is 133 Å². The first-order chi connectivity index (χ1) is 29.8. The van der Waals surface area contributed by atoms with Crippen molar-refractivity contribution in [2.24, 2.45) is 0 Å². The maximum Gasteiger partial charge on any atom is 0.416 e. The predicted octanol–water partition coefficient (Wildman–Crippen LogP) is 14.1. The Hall–Kier alpha value is -7.84. The monoisotopic (exact) mass is 797 g/mol. The smallest absolute Gasteiger partial charge is 0.309 e. The van der Waals surface area contributed by atoms with Gasteiger partial charge in [0.15, 0.2) is 17.5 Å². The van der Waals surface area contributed by atoms with Crippen LogP contribution in [0.3, 0.4) is 0 Å². The van der Waals surface area contributed by atoms with Gasteiger partial charge in [-0.2, -0.15) is 13.2 Å². The highest BCUT2D eigenvalue weighted by atomic mass is 19.4. The van der Waals surface area contributed by atoms with Crippen LogP contribution in [0.4, 0.5) is 13.2 Å². The number of aryl methyl sites for hydroxylation is 1. The SMILES string of the molecule is Cc1ccc2c(c1)c1cc(C(F)(F)F)ccc1n2-c1ccc(-c2cccc3c4ccccc4n(-c4ccccc4)c23)cc1-c1nc(-c2ccccc2)nc(-c2ccccc2)n1. The van der Waals surface area contributed by atoms with E-state index in [4.69, 9.17) is 15.0 Å². The van der Waals surface area contributed by atoms with Gasteiger partial charge in [-0.3, -0.25) is 0 Å². The molecule has 292 valence electrons. The molecule has 0 aliphatic heterocycles. The highest BCUT2D eigenvalue weighted by molar-refractivity contribution is 6.14. The van der Waals surface area contributed by atoms with Crippen molar-refractivity contribution >= 4 is 43.6 Å². The maximum absolute atomic E-state index is 14.3. The van der Waals surface area contributed by atoms with Gasteiger partial charge in [-0.25, -0.2) is 15.0 Å². The summed E-state index contributed by atoms with van der Waals surface area (Å²) in [6.07, 6.45) is -4.50. The zero-order chi connectivity index (χ0) is 41.2. The summed E-state index contributed by atoms with van der Waals surface area (Å²) in [5.74, 6) is 1.42. The van der Waals surface area contributed by atoms with Crippen molar-refractivity contribution in [2.75, 3.05) is 0 Å². The Kier molecular flexibility index (Phi) is 8.42. The second kappa shape index (κ2) is 14.2. The number of benzene rings is 8. The number of halogens is 3. The molecule has 61 heavy (non-hydrogen) atoms. The fraction of sp³-hybridized carbons (Fsp3) is 0.0377.